The Morgan fingerprint density at radius 2 is 2.27 bits per heavy atom. The molecule has 0 saturated heterocycles. The van der Waals surface area contributed by atoms with Gasteiger partial charge in [-0.3, -0.25) is 4.79 Å². The van der Waals surface area contributed by atoms with Crippen molar-refractivity contribution in [2.24, 2.45) is 0 Å². The molecule has 0 spiro atoms. The summed E-state index contributed by atoms with van der Waals surface area (Å²) in [6.07, 6.45) is 3.19. The number of nitrogens with one attached hydrogen (secondary N) is 1. The van der Waals surface area contributed by atoms with E-state index in [1.54, 1.807) is 0 Å². The van der Waals surface area contributed by atoms with Crippen molar-refractivity contribution in [2.75, 3.05) is 5.73 Å². The number of nitrogens with zero attached hydrogens (tertiary/aromatic N) is 2. The van der Waals surface area contributed by atoms with Gasteiger partial charge in [0.1, 0.15) is 0 Å². The summed E-state index contributed by atoms with van der Waals surface area (Å²) in [6.45, 7) is 1.88. The van der Waals surface area contributed by atoms with Crippen LogP contribution in [0.25, 0.3) is 0 Å². The topological polar surface area (TPSA) is 80.9 Å². The van der Waals surface area contributed by atoms with Crippen LogP contribution in [0.2, 0.25) is 0 Å². The lowest BCUT2D eigenvalue weighted by Crippen LogP contribution is -2.35. The maximum absolute atomic E-state index is 12.4. The summed E-state index contributed by atoms with van der Waals surface area (Å²) in [7, 11) is 0. The van der Waals surface area contributed by atoms with Crippen molar-refractivity contribution in [3.05, 3.63) is 35.4 Å². The lowest BCUT2D eigenvalue weighted by atomic mass is 9.88. The van der Waals surface area contributed by atoms with Gasteiger partial charge < -0.3 is 11.1 Å². The normalized spacial score (nSPS) is 18.5. The molecule has 2 aromatic rings. The van der Waals surface area contributed by atoms with Crippen molar-refractivity contribution in [3.8, 4) is 0 Å². The van der Waals surface area contributed by atoms with Gasteiger partial charge in [0.15, 0.2) is 4.34 Å². The van der Waals surface area contributed by atoms with Crippen LogP contribution >= 0.6 is 23.1 Å². The van der Waals surface area contributed by atoms with Gasteiger partial charge in [0.2, 0.25) is 11.0 Å². The fourth-order valence-corrected chi connectivity index (χ4v) is 4.46. The van der Waals surface area contributed by atoms with E-state index < -0.39 is 0 Å². The smallest absolute Gasteiger partial charge is 0.233 e. The minimum Gasteiger partial charge on any atom is -0.374 e. The molecule has 1 aliphatic carbocycles. The molecule has 1 aromatic heterocycles. The summed E-state index contributed by atoms with van der Waals surface area (Å²) in [6, 6.07) is 8.46. The third-order valence-corrected chi connectivity index (χ3v) is 5.69. The number of fused-ring (bicyclic) bond motifs is 1. The molecule has 0 radical (unpaired) electrons. The Morgan fingerprint density at radius 1 is 1.45 bits per heavy atom. The zero-order valence-corrected chi connectivity index (χ0v) is 13.9. The molecule has 0 bridgehead atoms. The standard InChI is InChI=1S/C15H18N4OS2/c1-9(21-15-19-18-14(16)22-15)13(20)17-12-8-4-6-10-5-2-3-7-11(10)12/h2-3,5,7,9,12H,4,6,8H2,1H3,(H2,16,18)(H,17,20)/t9-,12+/m0/s1. The molecule has 5 nitrogen and oxygen atoms in total. The molecule has 0 fully saturated rings. The van der Waals surface area contributed by atoms with E-state index in [0.717, 1.165) is 23.6 Å². The van der Waals surface area contributed by atoms with Gasteiger partial charge in [-0.2, -0.15) is 0 Å². The monoisotopic (exact) mass is 334 g/mol. The fraction of sp³-hybridized carbons (Fsp3) is 0.400. The van der Waals surface area contributed by atoms with E-state index in [-0.39, 0.29) is 17.2 Å². The first-order valence-corrected chi connectivity index (χ1v) is 8.97. The first-order chi connectivity index (χ1) is 10.6. The maximum Gasteiger partial charge on any atom is 0.233 e. The number of aryl methyl sites for hydroxylation is 1. The Labute approximate surface area is 137 Å². The van der Waals surface area contributed by atoms with Crippen molar-refractivity contribution in [2.45, 2.75) is 41.8 Å². The van der Waals surface area contributed by atoms with Gasteiger partial charge in [-0.15, -0.1) is 10.2 Å². The highest BCUT2D eigenvalue weighted by Gasteiger charge is 2.24. The van der Waals surface area contributed by atoms with E-state index >= 15 is 0 Å². The van der Waals surface area contributed by atoms with Crippen LogP contribution < -0.4 is 11.1 Å². The molecule has 0 saturated carbocycles. The van der Waals surface area contributed by atoms with E-state index in [1.165, 1.54) is 34.2 Å². The number of nitrogen functional groups attached to an aromatic ring is 1. The molecule has 3 N–H and O–H groups in total. The van der Waals surface area contributed by atoms with E-state index in [4.69, 9.17) is 5.73 Å². The lowest BCUT2D eigenvalue weighted by molar-refractivity contribution is -0.121. The largest absolute Gasteiger partial charge is 0.374 e. The highest BCUT2D eigenvalue weighted by atomic mass is 32.2. The van der Waals surface area contributed by atoms with Crippen LogP contribution in [0.15, 0.2) is 28.6 Å². The third-order valence-electron chi connectivity index (χ3n) is 3.75. The van der Waals surface area contributed by atoms with Crippen LogP contribution in [0.5, 0.6) is 0 Å². The zero-order chi connectivity index (χ0) is 15.5. The molecule has 1 aromatic carbocycles. The first kappa shape index (κ1) is 15.3. The molecule has 1 amide bonds. The maximum atomic E-state index is 12.4. The summed E-state index contributed by atoms with van der Waals surface area (Å²) in [5, 5.41) is 11.1. The Kier molecular flexibility index (Phi) is 4.63. The minimum atomic E-state index is -0.221. The number of carbonyl (C=O) groups is 1. The molecule has 7 heteroatoms. The summed E-state index contributed by atoms with van der Waals surface area (Å²) in [5.41, 5.74) is 8.16. The van der Waals surface area contributed by atoms with E-state index in [9.17, 15) is 4.79 Å². The van der Waals surface area contributed by atoms with Crippen LogP contribution in [0.1, 0.15) is 36.9 Å². The predicted molar refractivity (Wildman–Crippen MR) is 89.9 cm³/mol. The van der Waals surface area contributed by atoms with Gasteiger partial charge in [-0.05, 0) is 37.3 Å². The van der Waals surface area contributed by atoms with Crippen molar-refractivity contribution in [1.29, 1.82) is 0 Å². The van der Waals surface area contributed by atoms with Crippen molar-refractivity contribution in [3.63, 3.8) is 0 Å². The van der Waals surface area contributed by atoms with Gasteiger partial charge in [0.05, 0.1) is 11.3 Å². The molecule has 2 atom stereocenters. The SMILES string of the molecule is C[C@H](Sc1nnc(N)s1)C(=O)N[C@@H]1CCCc2ccccc21. The average Bonchev–Trinajstić information content (AvgIpc) is 2.92. The molecular weight excluding hydrogens is 316 g/mol. The molecule has 0 unspecified atom stereocenters. The molecule has 1 aliphatic rings. The summed E-state index contributed by atoms with van der Waals surface area (Å²) >= 11 is 2.70. The lowest BCUT2D eigenvalue weighted by Gasteiger charge is -2.27. The quantitative estimate of drug-likeness (QED) is 0.840. The van der Waals surface area contributed by atoms with Crippen LogP contribution in [-0.4, -0.2) is 21.4 Å². The molecule has 0 aliphatic heterocycles. The predicted octanol–water partition coefficient (Wildman–Crippen LogP) is 2.79. The number of rotatable bonds is 4. The molecule has 3 rings (SSSR count). The average molecular weight is 334 g/mol. The minimum absolute atomic E-state index is 0.0282. The Balaban J connectivity index is 1.64. The van der Waals surface area contributed by atoms with Crippen molar-refractivity contribution < 1.29 is 4.79 Å². The number of benzene rings is 1. The highest BCUT2D eigenvalue weighted by molar-refractivity contribution is 8.02. The van der Waals surface area contributed by atoms with Crippen LogP contribution in [0, 0.1) is 0 Å². The van der Waals surface area contributed by atoms with Crippen molar-refractivity contribution in [1.82, 2.24) is 15.5 Å². The Bertz CT molecular complexity index is 673. The molecule has 22 heavy (non-hydrogen) atoms. The number of hydrogen-bond donors (Lipinski definition) is 2. The Morgan fingerprint density at radius 3 is 3.05 bits per heavy atom. The van der Waals surface area contributed by atoms with E-state index in [0.29, 0.717) is 5.13 Å². The molecular formula is C15H18N4OS2. The van der Waals surface area contributed by atoms with Gasteiger partial charge >= 0.3 is 0 Å². The third kappa shape index (κ3) is 3.41. The number of amides is 1. The number of anilines is 1. The van der Waals surface area contributed by atoms with Gasteiger partial charge in [-0.25, -0.2) is 0 Å². The van der Waals surface area contributed by atoms with Crippen LogP contribution in [0.3, 0.4) is 0 Å². The number of nitrogens with two attached hydrogens (primary N) is 1. The number of carbonyl (C=O) groups excluding carboxylic acids is 1. The van der Waals surface area contributed by atoms with Gasteiger partial charge in [0.25, 0.3) is 0 Å². The van der Waals surface area contributed by atoms with Crippen LogP contribution in [-0.2, 0) is 11.2 Å². The summed E-state index contributed by atoms with van der Waals surface area (Å²) < 4.78 is 0.726. The number of aromatic nitrogens is 2. The van der Waals surface area contributed by atoms with Crippen LogP contribution in [0.4, 0.5) is 5.13 Å². The van der Waals surface area contributed by atoms with Gasteiger partial charge in [0, 0.05) is 0 Å². The second-order valence-corrected chi connectivity index (χ2v) is 7.92. The molecule has 116 valence electrons. The number of hydrogen-bond acceptors (Lipinski definition) is 6. The summed E-state index contributed by atoms with van der Waals surface area (Å²) in [5.74, 6) is 0.0282. The fourth-order valence-electron chi connectivity index (χ4n) is 2.67. The zero-order valence-electron chi connectivity index (χ0n) is 12.3. The van der Waals surface area contributed by atoms with Gasteiger partial charge in [-0.1, -0.05) is 47.4 Å². The van der Waals surface area contributed by atoms with E-state index in [1.807, 2.05) is 13.0 Å². The second-order valence-electron chi connectivity index (χ2n) is 5.32. The Hall–Kier alpha value is -1.60. The first-order valence-electron chi connectivity index (χ1n) is 7.27. The second kappa shape index (κ2) is 6.66. The number of thioether (sulfide) groups is 1. The van der Waals surface area contributed by atoms with E-state index in [2.05, 4.69) is 33.7 Å². The van der Waals surface area contributed by atoms with Crippen molar-refractivity contribution >= 4 is 34.1 Å². The summed E-state index contributed by atoms with van der Waals surface area (Å²) in [4.78, 5) is 12.4. The molecule has 1 heterocycles. The highest BCUT2D eigenvalue weighted by Crippen LogP contribution is 2.31.